The number of fused-ring (bicyclic) bond motifs is 5. The molecule has 0 spiro atoms. The van der Waals surface area contributed by atoms with Gasteiger partial charge >= 0.3 is 0 Å². The van der Waals surface area contributed by atoms with Crippen LogP contribution in [0.3, 0.4) is 0 Å². The SMILES string of the molecule is CNCCNc1nc2cc(O)ccc2c2c1C(=O)c1ccccc1-2. The van der Waals surface area contributed by atoms with E-state index in [-0.39, 0.29) is 11.5 Å². The maximum Gasteiger partial charge on any atom is 0.198 e. The molecule has 0 saturated heterocycles. The molecule has 0 saturated carbocycles. The predicted octanol–water partition coefficient (Wildman–Crippen LogP) is 2.78. The molecule has 120 valence electrons. The fraction of sp³-hybridized carbons (Fsp3) is 0.158. The number of hydrogen-bond acceptors (Lipinski definition) is 5. The Morgan fingerprint density at radius 1 is 1.04 bits per heavy atom. The van der Waals surface area contributed by atoms with Crippen molar-refractivity contribution in [3.8, 4) is 16.9 Å². The third-order valence-corrected chi connectivity index (χ3v) is 4.31. The van der Waals surface area contributed by atoms with Gasteiger partial charge in [0.15, 0.2) is 5.78 Å². The van der Waals surface area contributed by atoms with Crippen molar-refractivity contribution in [3.05, 3.63) is 53.6 Å². The van der Waals surface area contributed by atoms with E-state index in [1.165, 1.54) is 0 Å². The predicted molar refractivity (Wildman–Crippen MR) is 94.7 cm³/mol. The van der Waals surface area contributed by atoms with Crippen LogP contribution in [0.2, 0.25) is 0 Å². The van der Waals surface area contributed by atoms with Crippen LogP contribution >= 0.6 is 0 Å². The van der Waals surface area contributed by atoms with Crippen LogP contribution in [-0.2, 0) is 0 Å². The molecule has 0 radical (unpaired) electrons. The molecule has 1 aromatic heterocycles. The Kier molecular flexibility index (Phi) is 3.43. The number of benzene rings is 2. The highest BCUT2D eigenvalue weighted by Crippen LogP contribution is 2.44. The van der Waals surface area contributed by atoms with E-state index in [1.807, 2.05) is 37.4 Å². The van der Waals surface area contributed by atoms with Crippen LogP contribution in [0.1, 0.15) is 15.9 Å². The van der Waals surface area contributed by atoms with Crippen LogP contribution in [0.5, 0.6) is 5.75 Å². The highest BCUT2D eigenvalue weighted by atomic mass is 16.3. The number of ketones is 1. The first kappa shape index (κ1) is 14.7. The van der Waals surface area contributed by atoms with Crippen molar-refractivity contribution in [1.82, 2.24) is 10.3 Å². The number of pyridine rings is 1. The Bertz CT molecular complexity index is 966. The molecular weight excluding hydrogens is 302 g/mol. The maximum absolute atomic E-state index is 12.9. The van der Waals surface area contributed by atoms with Crippen LogP contribution < -0.4 is 10.6 Å². The van der Waals surface area contributed by atoms with E-state index in [0.29, 0.717) is 29.0 Å². The summed E-state index contributed by atoms with van der Waals surface area (Å²) in [5, 5.41) is 17.0. The highest BCUT2D eigenvalue weighted by Gasteiger charge is 2.31. The summed E-state index contributed by atoms with van der Waals surface area (Å²) < 4.78 is 0. The standard InChI is InChI=1S/C19H17N3O2/c1-20-8-9-21-19-17-16(12-4-2-3-5-13(12)18(17)24)14-7-6-11(23)10-15(14)22-19/h2-7,10,20,23H,8-9H2,1H3,(H,21,22). The second-order valence-corrected chi connectivity index (χ2v) is 5.82. The monoisotopic (exact) mass is 319 g/mol. The quantitative estimate of drug-likeness (QED) is 0.504. The van der Waals surface area contributed by atoms with Gasteiger partial charge in [0.2, 0.25) is 0 Å². The second kappa shape index (κ2) is 5.62. The third-order valence-electron chi connectivity index (χ3n) is 4.31. The topological polar surface area (TPSA) is 74.2 Å². The number of hydrogen-bond donors (Lipinski definition) is 3. The largest absolute Gasteiger partial charge is 0.508 e. The molecule has 0 amide bonds. The lowest BCUT2D eigenvalue weighted by molar-refractivity contribution is 0.104. The van der Waals surface area contributed by atoms with Crippen molar-refractivity contribution < 1.29 is 9.90 Å². The first-order valence-electron chi connectivity index (χ1n) is 7.90. The Hall–Kier alpha value is -2.92. The molecule has 0 atom stereocenters. The molecule has 0 bridgehead atoms. The number of aromatic nitrogens is 1. The molecule has 5 nitrogen and oxygen atoms in total. The fourth-order valence-corrected chi connectivity index (χ4v) is 3.22. The molecule has 0 aliphatic heterocycles. The average Bonchev–Trinajstić information content (AvgIpc) is 2.89. The number of anilines is 1. The summed E-state index contributed by atoms with van der Waals surface area (Å²) in [5.74, 6) is 0.725. The summed E-state index contributed by atoms with van der Waals surface area (Å²) in [6.07, 6.45) is 0. The molecule has 3 N–H and O–H groups in total. The molecular formula is C19H17N3O2. The van der Waals surface area contributed by atoms with Crippen molar-refractivity contribution in [3.63, 3.8) is 0 Å². The normalized spacial score (nSPS) is 12.3. The summed E-state index contributed by atoms with van der Waals surface area (Å²) in [4.78, 5) is 17.5. The van der Waals surface area contributed by atoms with Crippen LogP contribution in [-0.4, -0.2) is 36.0 Å². The molecule has 2 aromatic carbocycles. The highest BCUT2D eigenvalue weighted by molar-refractivity contribution is 6.28. The fourth-order valence-electron chi connectivity index (χ4n) is 3.22. The van der Waals surface area contributed by atoms with Crippen molar-refractivity contribution in [1.29, 1.82) is 0 Å². The van der Waals surface area contributed by atoms with Gasteiger partial charge in [-0.1, -0.05) is 24.3 Å². The van der Waals surface area contributed by atoms with Crippen molar-refractivity contribution in [2.75, 3.05) is 25.5 Å². The van der Waals surface area contributed by atoms with Gasteiger partial charge in [0, 0.05) is 35.7 Å². The zero-order valence-corrected chi connectivity index (χ0v) is 13.3. The van der Waals surface area contributed by atoms with Gasteiger partial charge in [0.05, 0.1) is 11.1 Å². The molecule has 0 fully saturated rings. The summed E-state index contributed by atoms with van der Waals surface area (Å²) in [6.45, 7) is 1.42. The van der Waals surface area contributed by atoms with Gasteiger partial charge in [-0.15, -0.1) is 0 Å². The lowest BCUT2D eigenvalue weighted by atomic mass is 10.0. The number of phenolic OH excluding ortho intramolecular Hbond substituents is 1. The number of carbonyl (C=O) groups excluding carboxylic acids is 1. The van der Waals surface area contributed by atoms with E-state index in [2.05, 4.69) is 15.6 Å². The van der Waals surface area contributed by atoms with Crippen LogP contribution in [0, 0.1) is 0 Å². The van der Waals surface area contributed by atoms with Gasteiger partial charge in [-0.3, -0.25) is 4.79 Å². The van der Waals surface area contributed by atoms with E-state index in [1.54, 1.807) is 12.1 Å². The van der Waals surface area contributed by atoms with Gasteiger partial charge in [-0.25, -0.2) is 4.98 Å². The average molecular weight is 319 g/mol. The number of nitrogens with zero attached hydrogens (tertiary/aromatic N) is 1. The Balaban J connectivity index is 2.00. The van der Waals surface area contributed by atoms with Crippen LogP contribution in [0.15, 0.2) is 42.5 Å². The number of phenols is 1. The summed E-state index contributed by atoms with van der Waals surface area (Å²) in [6, 6.07) is 12.7. The molecule has 0 unspecified atom stereocenters. The van der Waals surface area contributed by atoms with E-state index in [0.717, 1.165) is 23.1 Å². The minimum Gasteiger partial charge on any atom is -0.508 e. The lowest BCUT2D eigenvalue weighted by Gasteiger charge is -2.13. The molecule has 1 aliphatic rings. The van der Waals surface area contributed by atoms with Crippen molar-refractivity contribution in [2.24, 2.45) is 0 Å². The van der Waals surface area contributed by atoms with Gasteiger partial charge in [-0.2, -0.15) is 0 Å². The van der Waals surface area contributed by atoms with Crippen LogP contribution in [0.4, 0.5) is 5.82 Å². The summed E-state index contributed by atoms with van der Waals surface area (Å²) in [7, 11) is 1.87. The van der Waals surface area contributed by atoms with E-state index in [4.69, 9.17) is 0 Å². The first-order valence-corrected chi connectivity index (χ1v) is 7.90. The summed E-state index contributed by atoms with van der Waals surface area (Å²) >= 11 is 0. The summed E-state index contributed by atoms with van der Waals surface area (Å²) in [5.41, 5.74) is 3.81. The van der Waals surface area contributed by atoms with Gasteiger partial charge < -0.3 is 15.7 Å². The molecule has 3 aromatic rings. The van der Waals surface area contributed by atoms with Gasteiger partial charge in [-0.05, 0) is 24.7 Å². The zero-order valence-electron chi connectivity index (χ0n) is 13.3. The zero-order chi connectivity index (χ0) is 16.7. The molecule has 24 heavy (non-hydrogen) atoms. The van der Waals surface area contributed by atoms with Gasteiger partial charge in [0.1, 0.15) is 11.6 Å². The number of nitrogens with one attached hydrogen (secondary N) is 2. The first-order chi connectivity index (χ1) is 11.7. The second-order valence-electron chi connectivity index (χ2n) is 5.82. The molecule has 5 heteroatoms. The minimum absolute atomic E-state index is 0.00460. The van der Waals surface area contributed by atoms with E-state index < -0.39 is 0 Å². The van der Waals surface area contributed by atoms with Crippen molar-refractivity contribution >= 4 is 22.5 Å². The third kappa shape index (κ3) is 2.13. The van der Waals surface area contributed by atoms with Crippen molar-refractivity contribution in [2.45, 2.75) is 0 Å². The number of rotatable bonds is 4. The van der Waals surface area contributed by atoms with E-state index >= 15 is 0 Å². The lowest BCUT2D eigenvalue weighted by Crippen LogP contribution is -2.19. The van der Waals surface area contributed by atoms with Gasteiger partial charge in [0.25, 0.3) is 0 Å². The molecule has 4 rings (SSSR count). The van der Waals surface area contributed by atoms with E-state index in [9.17, 15) is 9.90 Å². The number of carbonyl (C=O) groups is 1. The Morgan fingerprint density at radius 3 is 2.62 bits per heavy atom. The Morgan fingerprint density at radius 2 is 1.83 bits per heavy atom. The minimum atomic E-state index is -0.00460. The maximum atomic E-state index is 12.9. The Labute approximate surface area is 139 Å². The number of likely N-dealkylation sites (N-methyl/N-ethyl adjacent to an activating group) is 1. The molecule has 1 heterocycles. The van der Waals surface area contributed by atoms with Crippen LogP contribution in [0.25, 0.3) is 22.0 Å². The molecule has 1 aliphatic carbocycles. The number of aromatic hydroxyl groups is 1. The smallest absolute Gasteiger partial charge is 0.198 e.